The Morgan fingerprint density at radius 2 is 1.97 bits per heavy atom. The minimum atomic E-state index is -0.652. The quantitative estimate of drug-likeness (QED) is 0.467. The molecule has 1 fully saturated rings. The molecule has 9 nitrogen and oxygen atoms in total. The molecule has 0 aliphatic carbocycles. The van der Waals surface area contributed by atoms with Crippen LogP contribution >= 0.6 is 11.6 Å². The van der Waals surface area contributed by atoms with Gasteiger partial charge in [-0.3, -0.25) is 9.59 Å². The summed E-state index contributed by atoms with van der Waals surface area (Å²) in [6.07, 6.45) is 1.12. The topological polar surface area (TPSA) is 88.6 Å². The van der Waals surface area contributed by atoms with Crippen LogP contribution in [0.1, 0.15) is 71.2 Å². The first-order chi connectivity index (χ1) is 17.3. The molecule has 0 unspecified atom stereocenters. The number of nitrogens with zero attached hydrogens (tertiary/aromatic N) is 3. The summed E-state index contributed by atoms with van der Waals surface area (Å²) in [5.74, 6) is 0.0444. The van der Waals surface area contributed by atoms with Crippen LogP contribution in [0.2, 0.25) is 5.02 Å². The zero-order valence-electron chi connectivity index (χ0n) is 23.0. The second kappa shape index (κ2) is 11.9. The SMILES string of the molecule is COCCCN1C(=O)[C@@H](C)Oc2cc(Cl)c(C(=O)N(C(C)C)[C@@H]3CCCN(C(=O)OC(C)(C)C)C3)cc21. The van der Waals surface area contributed by atoms with Gasteiger partial charge in [0.05, 0.1) is 22.3 Å². The lowest BCUT2D eigenvalue weighted by molar-refractivity contribution is -0.125. The van der Waals surface area contributed by atoms with Crippen molar-refractivity contribution in [1.82, 2.24) is 9.80 Å². The van der Waals surface area contributed by atoms with Crippen LogP contribution in [0, 0.1) is 0 Å². The molecule has 2 aliphatic heterocycles. The largest absolute Gasteiger partial charge is 0.479 e. The molecule has 1 aromatic carbocycles. The van der Waals surface area contributed by atoms with Crippen molar-refractivity contribution in [3.63, 3.8) is 0 Å². The molecule has 3 amide bonds. The van der Waals surface area contributed by atoms with Gasteiger partial charge in [-0.1, -0.05) is 11.6 Å². The van der Waals surface area contributed by atoms with Crippen LogP contribution in [0.3, 0.4) is 0 Å². The number of rotatable bonds is 7. The van der Waals surface area contributed by atoms with E-state index in [1.54, 1.807) is 40.9 Å². The van der Waals surface area contributed by atoms with Crippen molar-refractivity contribution in [2.24, 2.45) is 0 Å². The van der Waals surface area contributed by atoms with Crippen molar-refractivity contribution in [3.05, 3.63) is 22.7 Å². The lowest BCUT2D eigenvalue weighted by Crippen LogP contribution is -2.54. The van der Waals surface area contributed by atoms with E-state index in [9.17, 15) is 14.4 Å². The second-order valence-corrected chi connectivity index (χ2v) is 11.3. The summed E-state index contributed by atoms with van der Waals surface area (Å²) in [6, 6.07) is 2.93. The highest BCUT2D eigenvalue weighted by molar-refractivity contribution is 6.34. The number of benzene rings is 1. The number of hydrogen-bond acceptors (Lipinski definition) is 6. The number of carbonyl (C=O) groups excluding carboxylic acids is 3. The molecule has 1 saturated heterocycles. The summed E-state index contributed by atoms with van der Waals surface area (Å²) in [7, 11) is 1.62. The molecule has 2 atom stereocenters. The summed E-state index contributed by atoms with van der Waals surface area (Å²) in [6.45, 7) is 13.0. The van der Waals surface area contributed by atoms with Gasteiger partial charge in [0, 0.05) is 45.5 Å². The molecule has 1 aromatic rings. The summed E-state index contributed by atoms with van der Waals surface area (Å²) >= 11 is 6.62. The van der Waals surface area contributed by atoms with E-state index in [1.807, 2.05) is 34.6 Å². The fraction of sp³-hybridized carbons (Fsp3) is 0.667. The molecule has 0 saturated carbocycles. The van der Waals surface area contributed by atoms with Gasteiger partial charge < -0.3 is 28.9 Å². The van der Waals surface area contributed by atoms with Crippen LogP contribution in [0.25, 0.3) is 0 Å². The van der Waals surface area contributed by atoms with Crippen molar-refractivity contribution < 1.29 is 28.6 Å². The van der Waals surface area contributed by atoms with Crippen LogP contribution < -0.4 is 9.64 Å². The van der Waals surface area contributed by atoms with Gasteiger partial charge in [0.15, 0.2) is 6.10 Å². The Labute approximate surface area is 224 Å². The Bertz CT molecular complexity index is 1010. The van der Waals surface area contributed by atoms with E-state index < -0.39 is 11.7 Å². The number of hydrogen-bond donors (Lipinski definition) is 0. The first-order valence-corrected chi connectivity index (χ1v) is 13.3. The summed E-state index contributed by atoms with van der Waals surface area (Å²) in [4.78, 5) is 44.7. The Kier molecular flexibility index (Phi) is 9.34. The minimum Gasteiger partial charge on any atom is -0.479 e. The van der Waals surface area contributed by atoms with Crippen LogP contribution in [0.5, 0.6) is 5.75 Å². The van der Waals surface area contributed by atoms with E-state index in [-0.39, 0.29) is 35.0 Å². The zero-order chi connectivity index (χ0) is 27.5. The normalized spacial score (nSPS) is 20.0. The van der Waals surface area contributed by atoms with Crippen molar-refractivity contribution in [2.45, 2.75) is 84.6 Å². The highest BCUT2D eigenvalue weighted by Gasteiger charge is 2.37. The molecule has 37 heavy (non-hydrogen) atoms. The Morgan fingerprint density at radius 1 is 1.27 bits per heavy atom. The molecular formula is C27H40ClN3O6. The van der Waals surface area contributed by atoms with Gasteiger partial charge in [0.2, 0.25) is 0 Å². The highest BCUT2D eigenvalue weighted by atomic mass is 35.5. The van der Waals surface area contributed by atoms with Crippen LogP contribution in [-0.2, 0) is 14.3 Å². The molecule has 206 valence electrons. The first-order valence-electron chi connectivity index (χ1n) is 12.9. The molecular weight excluding hydrogens is 498 g/mol. The van der Waals surface area contributed by atoms with Crippen molar-refractivity contribution in [3.8, 4) is 5.75 Å². The third-order valence-electron chi connectivity index (χ3n) is 6.45. The van der Waals surface area contributed by atoms with Gasteiger partial charge in [-0.05, 0) is 66.9 Å². The van der Waals surface area contributed by atoms with Crippen molar-refractivity contribution in [2.75, 3.05) is 38.3 Å². The van der Waals surface area contributed by atoms with Gasteiger partial charge in [0.1, 0.15) is 11.4 Å². The fourth-order valence-corrected chi connectivity index (χ4v) is 5.06. The number of methoxy groups -OCH3 is 1. The van der Waals surface area contributed by atoms with Gasteiger partial charge in [0.25, 0.3) is 11.8 Å². The van der Waals surface area contributed by atoms with E-state index in [2.05, 4.69) is 0 Å². The Balaban J connectivity index is 1.90. The maximum Gasteiger partial charge on any atom is 0.410 e. The molecule has 3 rings (SSSR count). The predicted octanol–water partition coefficient (Wildman–Crippen LogP) is 4.74. The smallest absolute Gasteiger partial charge is 0.410 e. The molecule has 0 aromatic heterocycles. The Hall–Kier alpha value is -2.52. The summed E-state index contributed by atoms with van der Waals surface area (Å²) in [5, 5.41) is 0.257. The van der Waals surface area contributed by atoms with Crippen LogP contribution in [-0.4, -0.2) is 84.8 Å². The summed E-state index contributed by atoms with van der Waals surface area (Å²) in [5.41, 5.74) is 0.223. The number of piperidine rings is 1. The maximum atomic E-state index is 14.0. The lowest BCUT2D eigenvalue weighted by Gasteiger charge is -2.42. The van der Waals surface area contributed by atoms with E-state index in [1.165, 1.54) is 0 Å². The average Bonchev–Trinajstić information content (AvgIpc) is 2.80. The van der Waals surface area contributed by atoms with Gasteiger partial charge >= 0.3 is 6.09 Å². The molecule has 2 aliphatic rings. The van der Waals surface area contributed by atoms with Crippen molar-refractivity contribution >= 4 is 35.2 Å². The van der Waals surface area contributed by atoms with Crippen molar-refractivity contribution in [1.29, 1.82) is 0 Å². The summed E-state index contributed by atoms with van der Waals surface area (Å²) < 4.78 is 16.5. The fourth-order valence-electron chi connectivity index (χ4n) is 4.82. The average molecular weight is 538 g/mol. The van der Waals surface area contributed by atoms with E-state index in [4.69, 9.17) is 25.8 Å². The third kappa shape index (κ3) is 6.87. The molecule has 0 N–H and O–H groups in total. The molecule has 2 heterocycles. The number of halogens is 1. The lowest BCUT2D eigenvalue weighted by atomic mass is 10.0. The monoisotopic (exact) mass is 537 g/mol. The minimum absolute atomic E-state index is 0.140. The van der Waals surface area contributed by atoms with E-state index in [0.29, 0.717) is 49.7 Å². The maximum absolute atomic E-state index is 14.0. The molecule has 0 spiro atoms. The predicted molar refractivity (Wildman–Crippen MR) is 143 cm³/mol. The van der Waals surface area contributed by atoms with Crippen LogP contribution in [0.4, 0.5) is 10.5 Å². The standard InChI is InChI=1S/C27H40ClN3O6/c1-17(2)31(19-10-8-11-29(16-19)26(34)37-27(4,5)6)25(33)20-14-22-23(15-21(20)28)36-18(3)24(32)30(22)12-9-13-35-7/h14-15,17-19H,8-13,16H2,1-7H3/t18-,19-/m1/s1. The van der Waals surface area contributed by atoms with Crippen LogP contribution in [0.15, 0.2) is 12.1 Å². The number of carbonyl (C=O) groups is 3. The van der Waals surface area contributed by atoms with Gasteiger partial charge in [-0.15, -0.1) is 0 Å². The van der Waals surface area contributed by atoms with Gasteiger partial charge in [-0.25, -0.2) is 4.79 Å². The van der Waals surface area contributed by atoms with E-state index in [0.717, 1.165) is 12.8 Å². The third-order valence-corrected chi connectivity index (χ3v) is 6.76. The number of likely N-dealkylation sites (tertiary alicyclic amines) is 1. The zero-order valence-corrected chi connectivity index (χ0v) is 23.8. The number of ether oxygens (including phenoxy) is 3. The molecule has 0 radical (unpaired) electrons. The number of anilines is 1. The number of fused-ring (bicyclic) bond motifs is 1. The molecule has 0 bridgehead atoms. The first kappa shape index (κ1) is 29.0. The van der Waals surface area contributed by atoms with E-state index >= 15 is 0 Å². The highest BCUT2D eigenvalue weighted by Crippen LogP contribution is 2.39. The Morgan fingerprint density at radius 3 is 2.59 bits per heavy atom. The van der Waals surface area contributed by atoms with Gasteiger partial charge in [-0.2, -0.15) is 0 Å². The molecule has 10 heteroatoms. The second-order valence-electron chi connectivity index (χ2n) is 10.9. The number of amides is 3.